The van der Waals surface area contributed by atoms with Gasteiger partial charge in [-0.25, -0.2) is 0 Å². The second kappa shape index (κ2) is 7.08. The van der Waals surface area contributed by atoms with Crippen LogP contribution in [-0.2, 0) is 4.79 Å². The topological polar surface area (TPSA) is 41.1 Å². The Balaban J connectivity index is 2.09. The van der Waals surface area contributed by atoms with E-state index in [-0.39, 0.29) is 11.3 Å². The summed E-state index contributed by atoms with van der Waals surface area (Å²) in [5, 5.41) is 6.55. The van der Waals surface area contributed by atoms with Crippen molar-refractivity contribution in [2.75, 3.05) is 11.9 Å². The van der Waals surface area contributed by atoms with E-state index >= 15 is 0 Å². The van der Waals surface area contributed by atoms with Crippen molar-refractivity contribution in [3.63, 3.8) is 0 Å². The molecule has 1 aliphatic carbocycles. The lowest BCUT2D eigenvalue weighted by Gasteiger charge is -2.26. The minimum Gasteiger partial charge on any atom is -0.326 e. The summed E-state index contributed by atoms with van der Waals surface area (Å²) in [5.41, 5.74) is 2.00. The first-order chi connectivity index (χ1) is 10.1. The Kier molecular flexibility index (Phi) is 5.40. The first kappa shape index (κ1) is 16.0. The van der Waals surface area contributed by atoms with E-state index in [1.54, 1.807) is 0 Å². The van der Waals surface area contributed by atoms with Crippen LogP contribution in [0.15, 0.2) is 24.3 Å². The van der Waals surface area contributed by atoms with Gasteiger partial charge < -0.3 is 10.6 Å². The Labute approximate surface area is 128 Å². The third-order valence-electron chi connectivity index (χ3n) is 4.87. The third kappa shape index (κ3) is 3.65. The predicted octanol–water partition coefficient (Wildman–Crippen LogP) is 4.27. The van der Waals surface area contributed by atoms with E-state index in [1.165, 1.54) is 18.4 Å². The van der Waals surface area contributed by atoms with Crippen molar-refractivity contribution in [2.24, 2.45) is 5.41 Å². The highest BCUT2D eigenvalue weighted by Crippen LogP contribution is 2.41. The molecule has 1 atom stereocenters. The SMILES string of the molecule is CCNC(C)c1cccc(NC(=O)C2(CC)CCCC2)c1. The van der Waals surface area contributed by atoms with Crippen molar-refractivity contribution >= 4 is 11.6 Å². The van der Waals surface area contributed by atoms with Crippen LogP contribution in [0.3, 0.4) is 0 Å². The van der Waals surface area contributed by atoms with Crippen LogP contribution in [0.1, 0.15) is 64.5 Å². The summed E-state index contributed by atoms with van der Waals surface area (Å²) < 4.78 is 0. The molecule has 0 spiro atoms. The number of hydrogen-bond donors (Lipinski definition) is 2. The first-order valence-corrected chi connectivity index (χ1v) is 8.26. The zero-order valence-corrected chi connectivity index (χ0v) is 13.5. The second-order valence-corrected chi connectivity index (χ2v) is 6.20. The van der Waals surface area contributed by atoms with Crippen LogP contribution in [0.4, 0.5) is 5.69 Å². The number of nitrogens with one attached hydrogen (secondary N) is 2. The highest BCUT2D eigenvalue weighted by Gasteiger charge is 2.39. The molecule has 2 rings (SSSR count). The predicted molar refractivity (Wildman–Crippen MR) is 88.4 cm³/mol. The molecule has 0 heterocycles. The smallest absolute Gasteiger partial charge is 0.230 e. The zero-order valence-electron chi connectivity index (χ0n) is 13.5. The molecule has 1 aromatic carbocycles. The second-order valence-electron chi connectivity index (χ2n) is 6.20. The highest BCUT2D eigenvalue weighted by molar-refractivity contribution is 5.95. The van der Waals surface area contributed by atoms with Crippen LogP contribution >= 0.6 is 0 Å². The molecule has 3 heteroatoms. The van der Waals surface area contributed by atoms with Gasteiger partial charge in [0.1, 0.15) is 0 Å². The van der Waals surface area contributed by atoms with Crippen LogP contribution in [0.2, 0.25) is 0 Å². The fraction of sp³-hybridized carbons (Fsp3) is 0.611. The third-order valence-corrected chi connectivity index (χ3v) is 4.87. The molecule has 1 aliphatic rings. The van der Waals surface area contributed by atoms with Crippen LogP contribution in [0.5, 0.6) is 0 Å². The maximum atomic E-state index is 12.6. The number of rotatable bonds is 6. The molecule has 0 radical (unpaired) electrons. The molecule has 1 saturated carbocycles. The fourth-order valence-electron chi connectivity index (χ4n) is 3.37. The molecule has 1 unspecified atom stereocenters. The molecule has 2 N–H and O–H groups in total. The quantitative estimate of drug-likeness (QED) is 0.821. The van der Waals surface area contributed by atoms with Gasteiger partial charge in [0.2, 0.25) is 5.91 Å². The Hall–Kier alpha value is -1.35. The van der Waals surface area contributed by atoms with Crippen LogP contribution in [-0.4, -0.2) is 12.5 Å². The van der Waals surface area contributed by atoms with Crippen molar-refractivity contribution in [1.29, 1.82) is 0 Å². The van der Waals surface area contributed by atoms with Crippen molar-refractivity contribution in [3.05, 3.63) is 29.8 Å². The lowest BCUT2D eigenvalue weighted by Crippen LogP contribution is -2.33. The Morgan fingerprint density at radius 2 is 2.00 bits per heavy atom. The molecule has 0 bridgehead atoms. The van der Waals surface area contributed by atoms with Gasteiger partial charge in [-0.3, -0.25) is 4.79 Å². The van der Waals surface area contributed by atoms with Gasteiger partial charge in [-0.1, -0.05) is 38.8 Å². The molecule has 21 heavy (non-hydrogen) atoms. The van der Waals surface area contributed by atoms with E-state index in [2.05, 4.69) is 43.5 Å². The van der Waals surface area contributed by atoms with Gasteiger partial charge in [0.05, 0.1) is 0 Å². The highest BCUT2D eigenvalue weighted by atomic mass is 16.2. The monoisotopic (exact) mass is 288 g/mol. The molecule has 1 amide bonds. The lowest BCUT2D eigenvalue weighted by molar-refractivity contribution is -0.125. The molecule has 0 aliphatic heterocycles. The normalized spacial score (nSPS) is 18.4. The minimum atomic E-state index is -0.136. The summed E-state index contributed by atoms with van der Waals surface area (Å²) in [6, 6.07) is 8.50. The zero-order chi connectivity index (χ0) is 15.3. The molecule has 0 aromatic heterocycles. The van der Waals surface area contributed by atoms with Crippen molar-refractivity contribution in [2.45, 2.75) is 58.9 Å². The van der Waals surface area contributed by atoms with Crippen LogP contribution in [0.25, 0.3) is 0 Å². The number of amides is 1. The molecule has 116 valence electrons. The van der Waals surface area contributed by atoms with Gasteiger partial charge in [0, 0.05) is 17.1 Å². The van der Waals surface area contributed by atoms with E-state index in [0.717, 1.165) is 31.5 Å². The largest absolute Gasteiger partial charge is 0.326 e. The summed E-state index contributed by atoms with van der Waals surface area (Å²) in [6.07, 6.45) is 5.36. The maximum Gasteiger partial charge on any atom is 0.230 e. The molecule has 0 saturated heterocycles. The van der Waals surface area contributed by atoms with E-state index < -0.39 is 0 Å². The van der Waals surface area contributed by atoms with E-state index in [4.69, 9.17) is 0 Å². The maximum absolute atomic E-state index is 12.6. The fourth-order valence-corrected chi connectivity index (χ4v) is 3.37. The molecule has 1 aromatic rings. The Morgan fingerprint density at radius 3 is 2.62 bits per heavy atom. The number of hydrogen-bond acceptors (Lipinski definition) is 2. The number of carbonyl (C=O) groups is 1. The van der Waals surface area contributed by atoms with Gasteiger partial charge in [0.25, 0.3) is 0 Å². The molecular weight excluding hydrogens is 260 g/mol. The summed E-state index contributed by atoms with van der Waals surface area (Å²) in [5.74, 6) is 0.204. The molecular formula is C18H28N2O. The molecule has 1 fully saturated rings. The molecule has 3 nitrogen and oxygen atoms in total. The van der Waals surface area contributed by atoms with E-state index in [0.29, 0.717) is 6.04 Å². The number of benzene rings is 1. The van der Waals surface area contributed by atoms with Crippen molar-refractivity contribution in [1.82, 2.24) is 5.32 Å². The van der Waals surface area contributed by atoms with Gasteiger partial charge in [-0.15, -0.1) is 0 Å². The average molecular weight is 288 g/mol. The van der Waals surface area contributed by atoms with Crippen molar-refractivity contribution in [3.8, 4) is 0 Å². The average Bonchev–Trinajstić information content (AvgIpc) is 2.98. The van der Waals surface area contributed by atoms with Gasteiger partial charge in [0.15, 0.2) is 0 Å². The summed E-state index contributed by atoms with van der Waals surface area (Å²) in [7, 11) is 0. The number of carbonyl (C=O) groups excluding carboxylic acids is 1. The first-order valence-electron chi connectivity index (χ1n) is 8.26. The van der Waals surface area contributed by atoms with Gasteiger partial charge in [-0.05, 0) is 50.4 Å². The van der Waals surface area contributed by atoms with Gasteiger partial charge >= 0.3 is 0 Å². The van der Waals surface area contributed by atoms with Crippen LogP contribution < -0.4 is 10.6 Å². The Morgan fingerprint density at radius 1 is 1.29 bits per heavy atom. The van der Waals surface area contributed by atoms with E-state index in [9.17, 15) is 4.79 Å². The number of anilines is 1. The summed E-state index contributed by atoms with van der Waals surface area (Å²) in [6.45, 7) is 7.33. The van der Waals surface area contributed by atoms with E-state index in [1.807, 2.05) is 12.1 Å². The minimum absolute atomic E-state index is 0.136. The van der Waals surface area contributed by atoms with Crippen molar-refractivity contribution < 1.29 is 4.79 Å². The Bertz CT molecular complexity index is 478. The van der Waals surface area contributed by atoms with Gasteiger partial charge in [-0.2, -0.15) is 0 Å². The lowest BCUT2D eigenvalue weighted by atomic mass is 9.82. The summed E-state index contributed by atoms with van der Waals surface area (Å²) in [4.78, 5) is 12.6. The standard InChI is InChI=1S/C18H28N2O/c1-4-18(11-6-7-12-18)17(21)20-16-10-8-9-15(13-16)14(3)19-5-2/h8-10,13-14,19H,4-7,11-12H2,1-3H3,(H,20,21). The summed E-state index contributed by atoms with van der Waals surface area (Å²) >= 11 is 0. The van der Waals surface area contributed by atoms with Crippen LogP contribution in [0, 0.1) is 5.41 Å².